The van der Waals surface area contributed by atoms with Crippen LogP contribution in [-0.4, -0.2) is 204 Å². The third-order valence-corrected chi connectivity index (χ3v) is 20.7. The molecule has 446 valence electrons. The summed E-state index contributed by atoms with van der Waals surface area (Å²) < 4.78 is 154. The number of fused-ring (bicyclic) bond motifs is 10. The second-order valence-electron chi connectivity index (χ2n) is 25.6. The van der Waals surface area contributed by atoms with E-state index in [1.165, 1.54) is 13.0 Å². The Balaban J connectivity index is 0.00000396. The fourth-order valence-corrected chi connectivity index (χ4v) is 16.1. The van der Waals surface area contributed by atoms with Gasteiger partial charge in [-0.15, -0.1) is 6.58 Å². The maximum atomic E-state index is 12.3. The van der Waals surface area contributed by atoms with Crippen LogP contribution in [0.4, 0.5) is 0 Å². The molecule has 81 heavy (non-hydrogen) atoms. The minimum atomic E-state index is -5.21. The van der Waals surface area contributed by atoms with Gasteiger partial charge in [-0.1, -0.05) is 38.3 Å². The molecule has 11 heterocycles. The van der Waals surface area contributed by atoms with E-state index in [1.807, 2.05) is 6.92 Å². The van der Waals surface area contributed by atoms with E-state index in [-0.39, 0.29) is 121 Å². The van der Waals surface area contributed by atoms with Crippen molar-refractivity contribution in [2.24, 2.45) is 5.92 Å². The molecule has 0 bridgehead atoms. The summed E-state index contributed by atoms with van der Waals surface area (Å²) in [6.07, 6.45) is -1.77. The number of aliphatic hydroxyl groups is 3. The van der Waals surface area contributed by atoms with Crippen molar-refractivity contribution >= 4 is 20.8 Å². The Morgan fingerprint density at radius 3 is 1.89 bits per heavy atom. The molecule has 0 saturated carbocycles. The first-order valence-electron chi connectivity index (χ1n) is 28.3. The fourth-order valence-electron chi connectivity index (χ4n) is 15.3. The van der Waals surface area contributed by atoms with Crippen molar-refractivity contribution in [3.05, 3.63) is 49.1 Å². The third-order valence-electron chi connectivity index (χ3n) is 19.8. The third kappa shape index (κ3) is 13.1. The van der Waals surface area contributed by atoms with Crippen LogP contribution >= 0.6 is 0 Å². The van der Waals surface area contributed by atoms with Crippen molar-refractivity contribution in [3.8, 4) is 0 Å². The van der Waals surface area contributed by atoms with Crippen LogP contribution in [0.25, 0.3) is 0 Å². The zero-order valence-corrected chi connectivity index (χ0v) is 53.5. The molecular weight excluding hydrogens is 1120 g/mol. The Hall–Kier alpha value is 0.140. The summed E-state index contributed by atoms with van der Waals surface area (Å²) in [5.74, 6) is 0.0464. The van der Waals surface area contributed by atoms with Crippen LogP contribution in [-0.2, 0) is 81.3 Å². The minimum absolute atomic E-state index is 0. The van der Waals surface area contributed by atoms with Gasteiger partial charge < -0.3 is 76.5 Å². The topological polar surface area (TPSA) is 295 Å². The molecule has 26 heteroatoms. The molecule has 11 aliphatic heterocycles. The molecule has 27 atom stereocenters. The quantitative estimate of drug-likeness (QED) is 0.0626. The van der Waals surface area contributed by atoms with Crippen LogP contribution in [0.5, 0.6) is 0 Å². The van der Waals surface area contributed by atoms with E-state index in [0.29, 0.717) is 75.4 Å². The average molecular weight is 1200 g/mol. The van der Waals surface area contributed by atoms with Gasteiger partial charge in [0.2, 0.25) is 20.8 Å². The summed E-state index contributed by atoms with van der Waals surface area (Å²) in [6.45, 7) is 22.5. The SMILES string of the molecule is C=C[C@H](O)C(=C)/C=C\[C@](C)(O)[C@H]1O[C@@H]2C[C@@H]3O[C@H]4C[C@H]5O[C@@H]6C[C@@H]7O[C@@H]8C[C@@H]9O[C@@H]%10C[C@@H]%11O[C@](C)(CCOS(=O)(=O)[O-])[C@H](OS(=O)(=O)[O-])C[C@@H]%11O[C@@H]%10C[C@@H]9O[C@@H]8CC[C@]7(C)O[C@@]6(C)CC[C@H](C)[C@H]5O[C@@H]4[C@H](O)[C@@]3(C)O[C@@H]2CC1=C.[Na+].[Na+]. The molecule has 0 radical (unpaired) electrons. The molecule has 11 rings (SSSR count). The molecule has 0 spiro atoms. The second kappa shape index (κ2) is 24.2. The van der Waals surface area contributed by atoms with Gasteiger partial charge in [0, 0.05) is 51.4 Å². The van der Waals surface area contributed by atoms with E-state index in [4.69, 9.17) is 56.3 Å². The summed E-state index contributed by atoms with van der Waals surface area (Å²) in [7, 11) is -10.3. The number of hydrogen-bond acceptors (Lipinski definition) is 22. The molecule has 0 amide bonds. The molecule has 11 saturated heterocycles. The minimum Gasteiger partial charge on any atom is -0.726 e. The summed E-state index contributed by atoms with van der Waals surface area (Å²) >= 11 is 0. The van der Waals surface area contributed by atoms with Gasteiger partial charge in [0.25, 0.3) is 0 Å². The molecule has 0 aromatic heterocycles. The van der Waals surface area contributed by atoms with Crippen molar-refractivity contribution in [2.75, 3.05) is 6.61 Å². The first kappa shape index (κ1) is 65.6. The summed E-state index contributed by atoms with van der Waals surface area (Å²) in [5.41, 5.74) is -4.49. The molecule has 11 aliphatic rings. The number of hydrogen-bond donors (Lipinski definition) is 3. The van der Waals surface area contributed by atoms with Gasteiger partial charge in [0.1, 0.15) is 35.6 Å². The van der Waals surface area contributed by atoms with E-state index in [9.17, 15) is 41.3 Å². The Bertz CT molecular complexity index is 2600. The van der Waals surface area contributed by atoms with Gasteiger partial charge in [-0.3, -0.25) is 8.37 Å². The van der Waals surface area contributed by atoms with Gasteiger partial charge in [-0.05, 0) is 83.8 Å². The van der Waals surface area contributed by atoms with E-state index < -0.39 is 141 Å². The average Bonchev–Trinajstić information content (AvgIpc) is 3.69. The Morgan fingerprint density at radius 2 is 1.26 bits per heavy atom. The largest absolute Gasteiger partial charge is 1.00 e. The molecule has 22 nitrogen and oxygen atoms in total. The second-order valence-corrected chi connectivity index (χ2v) is 27.6. The van der Waals surface area contributed by atoms with E-state index >= 15 is 0 Å². The Labute approximate surface area is 520 Å². The van der Waals surface area contributed by atoms with Crippen molar-refractivity contribution < 1.29 is 161 Å². The summed E-state index contributed by atoms with van der Waals surface area (Å²) in [6, 6.07) is 0. The molecule has 0 unspecified atom stereocenters. The van der Waals surface area contributed by atoms with Crippen LogP contribution < -0.4 is 59.1 Å². The zero-order chi connectivity index (χ0) is 56.6. The van der Waals surface area contributed by atoms with E-state index in [2.05, 4.69) is 44.7 Å². The fraction of sp³-hybridized carbons (Fsp3) is 0.855. The zero-order valence-electron chi connectivity index (χ0n) is 47.9. The van der Waals surface area contributed by atoms with Crippen molar-refractivity contribution in [2.45, 2.75) is 281 Å². The molecule has 0 aliphatic carbocycles. The van der Waals surface area contributed by atoms with Crippen molar-refractivity contribution in [1.29, 1.82) is 0 Å². The first-order valence-corrected chi connectivity index (χ1v) is 30.9. The van der Waals surface area contributed by atoms with Gasteiger partial charge in [0.15, 0.2) is 0 Å². The van der Waals surface area contributed by atoms with Crippen LogP contribution in [0.2, 0.25) is 0 Å². The number of aliphatic hydroxyl groups excluding tert-OH is 2. The maximum absolute atomic E-state index is 12.3. The van der Waals surface area contributed by atoms with Crippen molar-refractivity contribution in [1.82, 2.24) is 0 Å². The predicted molar refractivity (Wildman–Crippen MR) is 273 cm³/mol. The maximum Gasteiger partial charge on any atom is 1.00 e. The van der Waals surface area contributed by atoms with Crippen molar-refractivity contribution in [3.63, 3.8) is 0 Å². The van der Waals surface area contributed by atoms with Crippen LogP contribution in [0.3, 0.4) is 0 Å². The smallest absolute Gasteiger partial charge is 0.726 e. The standard InChI is InChI=1S/C55H82O22S2.2Na/c1-10-30(56)27(2)11-14-51(5,58)50-29(4)19-39-38(72-50)25-46-55(9,75-39)49(57)48-42(71-46)23-41-47(73-48)28(3)12-15-53(7)44(70-41)26-43-54(8,77-53)16-13-31-32(69-43)20-34-33(66-31)21-35-36(67-34)22-40-37(68-35)24-45(76-79(62,63)64)52(6,74-40)17-18-65-78(59,60)61;;/h10-11,14,28,30-50,56-58H,1-2,4,12-13,15-26H2,3,5-9H3,(H,59,60,61)(H,62,63,64);;/q;2*+1/p-2/b14-11-;;/t28-,30-,31+,32+,33-,34-,35+,36+,37-,38+,39+,40-,41+,42-,43-,44+,45+,46-,47+,48-,49-,50-,51-,52+,53-,54-,55-;;/m0../s1. The summed E-state index contributed by atoms with van der Waals surface area (Å²) in [4.78, 5) is 0. The monoisotopic (exact) mass is 1200 g/mol. The molecule has 0 aromatic rings. The van der Waals surface area contributed by atoms with Gasteiger partial charge in [-0.25, -0.2) is 16.8 Å². The van der Waals surface area contributed by atoms with E-state index in [0.717, 1.165) is 6.42 Å². The molecular formula is C55H80Na2O22S2. The predicted octanol–water partition coefficient (Wildman–Crippen LogP) is -2.65. The molecule has 11 fully saturated rings. The Morgan fingerprint density at radius 1 is 0.716 bits per heavy atom. The molecule has 0 aromatic carbocycles. The number of ether oxygens (including phenoxy) is 11. The van der Waals surface area contributed by atoms with E-state index in [1.54, 1.807) is 19.1 Å². The molecule has 3 N–H and O–H groups in total. The van der Waals surface area contributed by atoms with Crippen LogP contribution in [0.1, 0.15) is 125 Å². The van der Waals surface area contributed by atoms with Gasteiger partial charge >= 0.3 is 59.1 Å². The first-order chi connectivity index (χ1) is 36.9. The van der Waals surface area contributed by atoms with Crippen LogP contribution in [0, 0.1) is 5.92 Å². The van der Waals surface area contributed by atoms with Crippen LogP contribution in [0.15, 0.2) is 49.1 Å². The summed E-state index contributed by atoms with van der Waals surface area (Å²) in [5, 5.41) is 34.1. The van der Waals surface area contributed by atoms with Gasteiger partial charge in [-0.2, -0.15) is 0 Å². The normalized spacial score (nSPS) is 49.7. The Kier molecular flexibility index (Phi) is 19.6. The van der Waals surface area contributed by atoms with Gasteiger partial charge in [0.05, 0.1) is 127 Å². The number of rotatable bonds is 11.